The van der Waals surface area contributed by atoms with Crippen LogP contribution in [0.3, 0.4) is 0 Å². The van der Waals surface area contributed by atoms with Crippen molar-refractivity contribution in [3.05, 3.63) is 0 Å². The van der Waals surface area contributed by atoms with E-state index in [1.807, 2.05) is 0 Å². The largest absolute Gasteiger partial charge is 0.226 e. The Hall–Kier alpha value is -1.23. The van der Waals surface area contributed by atoms with Crippen LogP contribution in [0.1, 0.15) is 32.6 Å². The number of aliphatic imine (C=N–C) groups is 4. The average molecular weight is 220 g/mol. The summed E-state index contributed by atoms with van der Waals surface area (Å²) >= 11 is 5.05. The van der Waals surface area contributed by atoms with Crippen LogP contribution in [-0.2, 0) is 0 Å². The van der Waals surface area contributed by atoms with Gasteiger partial charge in [0.1, 0.15) is 17.9 Å². The zero-order valence-corrected chi connectivity index (χ0v) is 9.42. The van der Waals surface area contributed by atoms with E-state index in [9.17, 15) is 0 Å². The highest BCUT2D eigenvalue weighted by Gasteiger charge is 2.22. The Morgan fingerprint density at radius 2 is 2.13 bits per heavy atom. The molecule has 0 saturated heterocycles. The minimum atomic E-state index is 0.495. The summed E-state index contributed by atoms with van der Waals surface area (Å²) in [6.45, 7) is 2.18. The Labute approximate surface area is 94.0 Å². The molecule has 5 heteroatoms. The van der Waals surface area contributed by atoms with E-state index < -0.39 is 0 Å². The highest BCUT2D eigenvalue weighted by molar-refractivity contribution is 7.82. The molecular weight excluding hydrogens is 208 g/mol. The summed E-state index contributed by atoms with van der Waals surface area (Å²) < 4.78 is 0. The Balaban J connectivity index is 2.04. The van der Waals surface area contributed by atoms with Gasteiger partial charge in [-0.3, -0.25) is 0 Å². The van der Waals surface area contributed by atoms with Gasteiger partial charge in [-0.05, 0) is 6.42 Å². The summed E-state index contributed by atoms with van der Waals surface area (Å²) in [5.41, 5.74) is 0.666. The lowest BCUT2D eigenvalue weighted by Gasteiger charge is -1.99. The quantitative estimate of drug-likeness (QED) is 0.529. The van der Waals surface area contributed by atoms with Gasteiger partial charge in [0.05, 0.1) is 0 Å². The van der Waals surface area contributed by atoms with Gasteiger partial charge in [0.2, 0.25) is 0 Å². The Morgan fingerprint density at radius 3 is 2.87 bits per heavy atom. The van der Waals surface area contributed by atoms with Gasteiger partial charge in [0.15, 0.2) is 10.8 Å². The van der Waals surface area contributed by atoms with Crippen LogP contribution < -0.4 is 0 Å². The lowest BCUT2D eigenvalue weighted by atomic mass is 10.2. The maximum atomic E-state index is 5.05. The highest BCUT2D eigenvalue weighted by Crippen LogP contribution is 2.11. The van der Waals surface area contributed by atoms with Crippen LogP contribution in [0.2, 0.25) is 0 Å². The van der Waals surface area contributed by atoms with Crippen LogP contribution in [0.25, 0.3) is 0 Å². The molecule has 0 radical (unpaired) electrons. The van der Waals surface area contributed by atoms with Gasteiger partial charge in [-0.25, -0.2) is 20.0 Å². The fourth-order valence-corrected chi connectivity index (χ4v) is 1.64. The van der Waals surface area contributed by atoms with E-state index in [2.05, 4.69) is 26.9 Å². The fraction of sp³-hybridized carbons (Fsp3) is 0.500. The molecule has 4 nitrogen and oxygen atoms in total. The number of hydrogen-bond donors (Lipinski definition) is 0. The number of thiocarbonyl (C=S) groups is 1. The minimum absolute atomic E-state index is 0.495. The van der Waals surface area contributed by atoms with Gasteiger partial charge in [-0.1, -0.05) is 32.0 Å². The van der Waals surface area contributed by atoms with Crippen LogP contribution >= 0.6 is 12.2 Å². The number of rotatable bonds is 4. The lowest BCUT2D eigenvalue weighted by molar-refractivity contribution is 0.741. The monoisotopic (exact) mass is 220 g/mol. The molecule has 0 aromatic heterocycles. The van der Waals surface area contributed by atoms with E-state index in [1.165, 1.54) is 19.2 Å². The molecule has 78 valence electrons. The topological polar surface area (TPSA) is 49.4 Å². The summed E-state index contributed by atoms with van der Waals surface area (Å²) in [6, 6.07) is 0. The van der Waals surface area contributed by atoms with Gasteiger partial charge in [-0.15, -0.1) is 0 Å². The van der Waals surface area contributed by atoms with E-state index in [4.69, 9.17) is 12.2 Å². The molecule has 0 saturated carbocycles. The number of amidine groups is 2. The lowest BCUT2D eigenvalue weighted by Crippen LogP contribution is -2.20. The Morgan fingerprint density at radius 1 is 1.27 bits per heavy atom. The summed E-state index contributed by atoms with van der Waals surface area (Å²) in [5, 5.41) is 0. The van der Waals surface area contributed by atoms with E-state index >= 15 is 0 Å². The summed E-state index contributed by atoms with van der Waals surface area (Å²) in [7, 11) is 0. The first-order valence-corrected chi connectivity index (χ1v) is 5.53. The van der Waals surface area contributed by atoms with E-state index in [1.54, 1.807) is 0 Å². The number of nitrogens with zero attached hydrogens (tertiary/aromatic N) is 4. The van der Waals surface area contributed by atoms with Crippen LogP contribution in [0.15, 0.2) is 20.0 Å². The molecule has 15 heavy (non-hydrogen) atoms. The third-order valence-electron chi connectivity index (χ3n) is 2.25. The van der Waals surface area contributed by atoms with Crippen molar-refractivity contribution in [2.75, 3.05) is 0 Å². The first-order valence-electron chi connectivity index (χ1n) is 5.12. The van der Waals surface area contributed by atoms with Gasteiger partial charge in [-0.2, -0.15) is 0 Å². The van der Waals surface area contributed by atoms with Gasteiger partial charge < -0.3 is 0 Å². The van der Waals surface area contributed by atoms with Crippen LogP contribution in [-0.4, -0.2) is 28.7 Å². The van der Waals surface area contributed by atoms with Gasteiger partial charge in [0, 0.05) is 6.42 Å². The maximum absolute atomic E-state index is 5.05. The molecule has 0 bridgehead atoms. The van der Waals surface area contributed by atoms with Crippen molar-refractivity contribution in [2.24, 2.45) is 20.0 Å². The van der Waals surface area contributed by atoms with Crippen molar-refractivity contribution in [1.82, 2.24) is 0 Å². The number of unbranched alkanes of at least 4 members (excludes halogenated alkanes) is 2. The second-order valence-electron chi connectivity index (χ2n) is 3.45. The SMILES string of the molecule is CCCCCC1=NC2=NC=NC(=S)C2=N1. The van der Waals surface area contributed by atoms with E-state index in [0.717, 1.165) is 18.7 Å². The van der Waals surface area contributed by atoms with E-state index in [0.29, 0.717) is 16.5 Å². The van der Waals surface area contributed by atoms with Crippen molar-refractivity contribution >= 4 is 40.9 Å². The molecule has 0 N–H and O–H groups in total. The summed E-state index contributed by atoms with van der Waals surface area (Å²) in [5.74, 6) is 1.46. The molecular formula is C10H12N4S. The number of hydrogen-bond acceptors (Lipinski definition) is 4. The predicted octanol–water partition coefficient (Wildman–Crippen LogP) is 2.19. The first kappa shape index (κ1) is 10.3. The molecule has 0 aliphatic carbocycles. The smallest absolute Gasteiger partial charge is 0.184 e. The molecule has 0 aromatic carbocycles. The van der Waals surface area contributed by atoms with Gasteiger partial charge in [0.25, 0.3) is 0 Å². The molecule has 0 fully saturated rings. The van der Waals surface area contributed by atoms with Crippen molar-refractivity contribution in [1.29, 1.82) is 0 Å². The standard InChI is InChI=1S/C10H12N4S/c1-2-3-4-5-7-13-8-9(14-7)11-6-12-10(8)15/h6H,2-5H2,1H3. The molecule has 0 spiro atoms. The number of fused-ring (bicyclic) bond motifs is 1. The third kappa shape index (κ3) is 2.23. The molecule has 2 aliphatic heterocycles. The second kappa shape index (κ2) is 4.53. The normalized spacial score (nSPS) is 18.5. The fourth-order valence-electron chi connectivity index (χ4n) is 1.45. The average Bonchev–Trinajstić information content (AvgIpc) is 2.63. The van der Waals surface area contributed by atoms with Crippen molar-refractivity contribution < 1.29 is 0 Å². The highest BCUT2D eigenvalue weighted by atomic mass is 32.1. The molecule has 2 rings (SSSR count). The Bertz CT molecular complexity index is 404. The van der Waals surface area contributed by atoms with Crippen molar-refractivity contribution in [2.45, 2.75) is 32.6 Å². The minimum Gasteiger partial charge on any atom is -0.226 e. The molecule has 0 unspecified atom stereocenters. The van der Waals surface area contributed by atoms with Crippen molar-refractivity contribution in [3.8, 4) is 0 Å². The molecule has 0 amide bonds. The predicted molar refractivity (Wildman–Crippen MR) is 67.5 cm³/mol. The zero-order chi connectivity index (χ0) is 10.7. The van der Waals surface area contributed by atoms with Crippen LogP contribution in [0, 0.1) is 0 Å². The van der Waals surface area contributed by atoms with E-state index in [-0.39, 0.29) is 0 Å². The van der Waals surface area contributed by atoms with Crippen LogP contribution in [0.5, 0.6) is 0 Å². The maximum Gasteiger partial charge on any atom is 0.184 e. The Kier molecular flexibility index (Phi) is 3.11. The second-order valence-corrected chi connectivity index (χ2v) is 3.83. The molecule has 0 atom stereocenters. The van der Waals surface area contributed by atoms with Crippen LogP contribution in [0.4, 0.5) is 0 Å². The molecule has 2 heterocycles. The summed E-state index contributed by atoms with van der Waals surface area (Å²) in [4.78, 5) is 17.1. The van der Waals surface area contributed by atoms with Crippen molar-refractivity contribution in [3.63, 3.8) is 0 Å². The van der Waals surface area contributed by atoms with Gasteiger partial charge >= 0.3 is 0 Å². The molecule has 0 aromatic rings. The zero-order valence-electron chi connectivity index (χ0n) is 8.60. The summed E-state index contributed by atoms with van der Waals surface area (Å²) in [6.07, 6.45) is 5.87. The first-order chi connectivity index (χ1) is 7.31. The molecule has 2 aliphatic rings. The third-order valence-corrected chi connectivity index (χ3v) is 2.55.